The van der Waals surface area contributed by atoms with Crippen LogP contribution in [0.4, 0.5) is 0 Å². The molecule has 1 aromatic heterocycles. The van der Waals surface area contributed by atoms with E-state index in [-0.39, 0.29) is 25.7 Å². The summed E-state index contributed by atoms with van der Waals surface area (Å²) in [5, 5.41) is 3.76. The molecule has 0 saturated heterocycles. The molecule has 0 atom stereocenters. The van der Waals surface area contributed by atoms with Crippen LogP contribution in [0.25, 0.3) is 10.9 Å². The highest BCUT2D eigenvalue weighted by Gasteiger charge is 2.03. The summed E-state index contributed by atoms with van der Waals surface area (Å²) in [5.74, 6) is 7.38. The van der Waals surface area contributed by atoms with Crippen molar-refractivity contribution in [2.45, 2.75) is 19.8 Å². The molecule has 3 rings (SSSR count). The number of amides is 1. The molecule has 1 amide bonds. The Morgan fingerprint density at radius 1 is 1.03 bits per heavy atom. The highest BCUT2D eigenvalue weighted by atomic mass is 16.5. The van der Waals surface area contributed by atoms with Crippen LogP contribution >= 0.6 is 0 Å². The monoisotopic (exact) mass is 388 g/mol. The zero-order valence-corrected chi connectivity index (χ0v) is 16.6. The molecule has 3 aromatic rings. The highest BCUT2D eigenvalue weighted by molar-refractivity contribution is 5.79. The van der Waals surface area contributed by atoms with Gasteiger partial charge in [0, 0.05) is 17.6 Å². The molecule has 1 N–H and O–H groups in total. The smallest absolute Gasteiger partial charge is 0.258 e. The number of benzene rings is 2. The third-order valence-electron chi connectivity index (χ3n) is 4.30. The van der Waals surface area contributed by atoms with Crippen LogP contribution in [0.1, 0.15) is 25.3 Å². The fourth-order valence-electron chi connectivity index (χ4n) is 2.66. The van der Waals surface area contributed by atoms with Crippen LogP contribution in [0, 0.1) is 11.8 Å². The van der Waals surface area contributed by atoms with Crippen molar-refractivity contribution in [1.82, 2.24) is 10.3 Å². The number of nitrogens with zero attached hydrogens (tertiary/aromatic N) is 1. The Bertz CT molecular complexity index is 1020. The van der Waals surface area contributed by atoms with Gasteiger partial charge < -0.3 is 14.8 Å². The molecule has 0 aliphatic heterocycles. The van der Waals surface area contributed by atoms with Crippen molar-refractivity contribution in [1.29, 1.82) is 0 Å². The van der Waals surface area contributed by atoms with E-state index in [0.29, 0.717) is 17.4 Å². The molecule has 5 heteroatoms. The van der Waals surface area contributed by atoms with Crippen molar-refractivity contribution in [2.75, 3.05) is 19.8 Å². The number of nitrogens with one attached hydrogen (secondary N) is 1. The van der Waals surface area contributed by atoms with Crippen molar-refractivity contribution >= 4 is 16.8 Å². The van der Waals surface area contributed by atoms with Gasteiger partial charge in [0.25, 0.3) is 5.91 Å². The molecule has 5 nitrogen and oxygen atoms in total. The summed E-state index contributed by atoms with van der Waals surface area (Å²) < 4.78 is 11.1. The lowest BCUT2D eigenvalue weighted by atomic mass is 10.0. The van der Waals surface area contributed by atoms with Gasteiger partial charge in [-0.2, -0.15) is 0 Å². The minimum Gasteiger partial charge on any atom is -0.484 e. The van der Waals surface area contributed by atoms with Gasteiger partial charge >= 0.3 is 0 Å². The summed E-state index contributed by atoms with van der Waals surface area (Å²) in [5.41, 5.74) is 2.11. The largest absolute Gasteiger partial charge is 0.484 e. The molecular formula is C24H24N2O3. The summed E-state index contributed by atoms with van der Waals surface area (Å²) >= 11 is 0. The Morgan fingerprint density at radius 2 is 1.83 bits per heavy atom. The van der Waals surface area contributed by atoms with Crippen molar-refractivity contribution in [3.05, 3.63) is 66.4 Å². The Morgan fingerprint density at radius 3 is 2.62 bits per heavy atom. The number of pyridine rings is 1. The average Bonchev–Trinajstić information content (AvgIpc) is 2.75. The van der Waals surface area contributed by atoms with Gasteiger partial charge in [-0.15, -0.1) is 0 Å². The molecule has 0 saturated carbocycles. The van der Waals surface area contributed by atoms with Crippen molar-refractivity contribution < 1.29 is 14.3 Å². The fraction of sp³-hybridized carbons (Fsp3) is 0.250. The number of hydrogen-bond acceptors (Lipinski definition) is 4. The quantitative estimate of drug-likeness (QED) is 0.623. The molecule has 29 heavy (non-hydrogen) atoms. The van der Waals surface area contributed by atoms with Gasteiger partial charge in [-0.05, 0) is 41.8 Å². The third-order valence-corrected chi connectivity index (χ3v) is 4.30. The highest BCUT2D eigenvalue weighted by Crippen LogP contribution is 2.19. The molecular weight excluding hydrogens is 364 g/mol. The summed E-state index contributed by atoms with van der Waals surface area (Å²) in [6.07, 6.45) is 1.75. The van der Waals surface area contributed by atoms with Crippen LogP contribution in [0.5, 0.6) is 11.5 Å². The van der Waals surface area contributed by atoms with Crippen LogP contribution in [0.15, 0.2) is 60.8 Å². The van der Waals surface area contributed by atoms with Crippen LogP contribution in [0.2, 0.25) is 0 Å². The van der Waals surface area contributed by atoms with Crippen LogP contribution in [-0.4, -0.2) is 30.6 Å². The molecule has 0 radical (unpaired) electrons. The van der Waals surface area contributed by atoms with E-state index in [1.165, 1.54) is 5.56 Å². The van der Waals surface area contributed by atoms with E-state index in [2.05, 4.69) is 36.0 Å². The first kappa shape index (κ1) is 20.2. The van der Waals surface area contributed by atoms with Gasteiger partial charge in [0.05, 0.1) is 12.1 Å². The molecule has 0 aliphatic rings. The third kappa shape index (κ3) is 6.25. The van der Waals surface area contributed by atoms with E-state index >= 15 is 0 Å². The van der Waals surface area contributed by atoms with Gasteiger partial charge in [0.2, 0.25) is 0 Å². The topological polar surface area (TPSA) is 60.5 Å². The first-order valence-electron chi connectivity index (χ1n) is 9.54. The Kier molecular flexibility index (Phi) is 7.07. The Balaban J connectivity index is 1.35. The number of hydrogen-bond donors (Lipinski definition) is 1. The fourth-order valence-corrected chi connectivity index (χ4v) is 2.66. The van der Waals surface area contributed by atoms with E-state index in [1.54, 1.807) is 6.20 Å². The molecule has 0 fully saturated rings. The minimum atomic E-state index is -0.214. The Hall–Kier alpha value is -3.52. The van der Waals surface area contributed by atoms with E-state index in [1.807, 2.05) is 54.6 Å². The number of ether oxygens (including phenoxy) is 2. The maximum absolute atomic E-state index is 11.8. The van der Waals surface area contributed by atoms with Gasteiger partial charge in [0.1, 0.15) is 18.1 Å². The zero-order chi connectivity index (χ0) is 20.5. The Labute approximate surface area is 171 Å². The van der Waals surface area contributed by atoms with Crippen molar-refractivity contribution in [3.63, 3.8) is 0 Å². The van der Waals surface area contributed by atoms with Crippen LogP contribution < -0.4 is 14.8 Å². The van der Waals surface area contributed by atoms with E-state index in [0.717, 1.165) is 10.9 Å². The van der Waals surface area contributed by atoms with E-state index in [9.17, 15) is 4.79 Å². The zero-order valence-electron chi connectivity index (χ0n) is 16.6. The molecule has 0 bridgehead atoms. The number of carbonyl (C=O) groups excluding carboxylic acids is 1. The number of aromatic nitrogens is 1. The maximum atomic E-state index is 11.8. The van der Waals surface area contributed by atoms with E-state index in [4.69, 9.17) is 9.47 Å². The summed E-state index contributed by atoms with van der Waals surface area (Å²) in [6.45, 7) is 4.72. The molecule has 148 valence electrons. The molecule has 1 heterocycles. The average molecular weight is 388 g/mol. The first-order valence-corrected chi connectivity index (χ1v) is 9.54. The van der Waals surface area contributed by atoms with Crippen LogP contribution in [0.3, 0.4) is 0 Å². The predicted molar refractivity (Wildman–Crippen MR) is 114 cm³/mol. The van der Waals surface area contributed by atoms with Gasteiger partial charge in [0.15, 0.2) is 6.61 Å². The van der Waals surface area contributed by atoms with Gasteiger partial charge in [-0.25, -0.2) is 0 Å². The molecule has 2 aromatic carbocycles. The first-order chi connectivity index (χ1) is 14.1. The SMILES string of the molecule is CC(C)c1ccc(OCC(=O)NCC#CCOc2ccc3cccnc3c2)cc1. The predicted octanol–water partition coefficient (Wildman–Crippen LogP) is 3.94. The number of carbonyl (C=O) groups is 1. The summed E-state index contributed by atoms with van der Waals surface area (Å²) in [7, 11) is 0. The number of rotatable bonds is 7. The maximum Gasteiger partial charge on any atom is 0.258 e. The molecule has 0 unspecified atom stereocenters. The molecule has 0 spiro atoms. The lowest BCUT2D eigenvalue weighted by Crippen LogP contribution is -2.29. The second-order valence-corrected chi connectivity index (χ2v) is 6.79. The van der Waals surface area contributed by atoms with Gasteiger partial charge in [-0.3, -0.25) is 9.78 Å². The molecule has 0 aliphatic carbocycles. The van der Waals surface area contributed by atoms with Crippen molar-refractivity contribution in [3.8, 4) is 23.3 Å². The summed E-state index contributed by atoms with van der Waals surface area (Å²) in [4.78, 5) is 16.1. The summed E-state index contributed by atoms with van der Waals surface area (Å²) in [6, 6.07) is 17.4. The standard InChI is InChI=1S/C24H24N2O3/c1-18(2)19-7-10-21(11-8-19)29-17-24(27)26-13-3-4-15-28-22-12-9-20-6-5-14-25-23(20)16-22/h5-12,14,16,18H,13,15,17H2,1-2H3,(H,26,27). The van der Waals surface area contributed by atoms with Crippen molar-refractivity contribution in [2.24, 2.45) is 0 Å². The van der Waals surface area contributed by atoms with E-state index < -0.39 is 0 Å². The lowest BCUT2D eigenvalue weighted by Gasteiger charge is -2.08. The second kappa shape index (κ2) is 10.1. The number of fused-ring (bicyclic) bond motifs is 1. The van der Waals surface area contributed by atoms with Gasteiger partial charge in [-0.1, -0.05) is 43.9 Å². The van der Waals surface area contributed by atoms with Crippen LogP contribution in [-0.2, 0) is 4.79 Å². The normalized spacial score (nSPS) is 10.3. The minimum absolute atomic E-state index is 0.0384. The second-order valence-electron chi connectivity index (χ2n) is 6.79. The lowest BCUT2D eigenvalue weighted by molar-refractivity contribution is -0.122.